The Hall–Kier alpha value is -3.11. The fourth-order valence-corrected chi connectivity index (χ4v) is 4.76. The van der Waals surface area contributed by atoms with Gasteiger partial charge in [0.2, 0.25) is 0 Å². The van der Waals surface area contributed by atoms with Crippen molar-refractivity contribution in [3.63, 3.8) is 0 Å². The third-order valence-electron chi connectivity index (χ3n) is 6.41. The van der Waals surface area contributed by atoms with Gasteiger partial charge < -0.3 is 14.6 Å². The van der Waals surface area contributed by atoms with Crippen molar-refractivity contribution in [2.24, 2.45) is 0 Å². The van der Waals surface area contributed by atoms with Crippen LogP contribution >= 0.6 is 0 Å². The van der Waals surface area contributed by atoms with Gasteiger partial charge in [0.15, 0.2) is 5.82 Å². The number of hydrogen-bond acceptors (Lipinski definition) is 6. The van der Waals surface area contributed by atoms with Crippen molar-refractivity contribution in [1.29, 1.82) is 5.26 Å². The maximum Gasteiger partial charge on any atom is 0.156 e. The molecule has 0 spiro atoms. The summed E-state index contributed by atoms with van der Waals surface area (Å²) in [5.41, 5.74) is 4.97. The number of nitriles is 1. The summed E-state index contributed by atoms with van der Waals surface area (Å²) in [6, 6.07) is 9.88. The van der Waals surface area contributed by atoms with Crippen LogP contribution in [0.3, 0.4) is 0 Å². The molecule has 7 heteroatoms. The van der Waals surface area contributed by atoms with E-state index >= 15 is 0 Å². The van der Waals surface area contributed by atoms with Crippen molar-refractivity contribution in [1.82, 2.24) is 19.4 Å². The van der Waals surface area contributed by atoms with Gasteiger partial charge in [-0.15, -0.1) is 0 Å². The molecule has 0 saturated carbocycles. The number of benzene rings is 1. The van der Waals surface area contributed by atoms with E-state index in [1.54, 1.807) is 18.5 Å². The summed E-state index contributed by atoms with van der Waals surface area (Å²) >= 11 is 0. The fourth-order valence-electron chi connectivity index (χ4n) is 4.76. The lowest BCUT2D eigenvalue weighted by Gasteiger charge is -2.35. The maximum absolute atomic E-state index is 9.73. The molecule has 0 amide bonds. The van der Waals surface area contributed by atoms with Crippen molar-refractivity contribution in [3.8, 4) is 11.8 Å². The number of nitrogens with zero attached hydrogens (tertiary/aromatic N) is 6. The van der Waals surface area contributed by atoms with E-state index in [1.165, 1.54) is 5.56 Å². The van der Waals surface area contributed by atoms with E-state index in [-0.39, 0.29) is 0 Å². The van der Waals surface area contributed by atoms with Crippen molar-refractivity contribution < 1.29 is 5.11 Å². The molecule has 2 aromatic heterocycles. The molecule has 1 saturated heterocycles. The second-order valence-corrected chi connectivity index (χ2v) is 8.18. The summed E-state index contributed by atoms with van der Waals surface area (Å²) in [6.45, 7) is 5.77. The zero-order chi connectivity index (χ0) is 20.5. The molecule has 5 rings (SSSR count). The van der Waals surface area contributed by atoms with Gasteiger partial charge in [0.05, 0.1) is 5.56 Å². The van der Waals surface area contributed by atoms with Crippen LogP contribution in [0.4, 0.5) is 5.82 Å². The minimum Gasteiger partial charge on any atom is -0.508 e. The van der Waals surface area contributed by atoms with Gasteiger partial charge in [-0.1, -0.05) is 12.1 Å². The Labute approximate surface area is 176 Å². The Morgan fingerprint density at radius 2 is 1.80 bits per heavy atom. The van der Waals surface area contributed by atoms with Crippen LogP contribution in [0.25, 0.3) is 11.0 Å². The van der Waals surface area contributed by atoms with E-state index in [0.717, 1.165) is 93.1 Å². The van der Waals surface area contributed by atoms with E-state index in [2.05, 4.69) is 30.4 Å². The quantitative estimate of drug-likeness (QED) is 0.723. The van der Waals surface area contributed by atoms with Gasteiger partial charge in [-0.2, -0.15) is 5.26 Å². The Kier molecular flexibility index (Phi) is 5.01. The summed E-state index contributed by atoms with van der Waals surface area (Å²) in [6.07, 6.45) is 5.82. The molecule has 1 N–H and O–H groups in total. The monoisotopic (exact) mass is 402 g/mol. The topological polar surface area (TPSA) is 81.2 Å². The number of aromatic hydroxyl groups is 1. The average Bonchev–Trinajstić information content (AvgIpc) is 3.13. The van der Waals surface area contributed by atoms with Crippen LogP contribution < -0.4 is 4.90 Å². The second-order valence-electron chi connectivity index (χ2n) is 8.18. The van der Waals surface area contributed by atoms with Crippen molar-refractivity contribution >= 4 is 16.9 Å². The Balaban J connectivity index is 1.32. The number of fused-ring (bicyclic) bond motifs is 3. The lowest BCUT2D eigenvalue weighted by atomic mass is 10.1. The van der Waals surface area contributed by atoms with Crippen LogP contribution in [0.1, 0.15) is 29.7 Å². The second kappa shape index (κ2) is 7.96. The molecule has 0 bridgehead atoms. The Bertz CT molecular complexity index is 1090. The predicted molar refractivity (Wildman–Crippen MR) is 116 cm³/mol. The SMILES string of the molecule is N#Cc1c2n(c3c(N4CCN(CCc5ccc(O)cc5)CC4)ncnc13)CCCC2. The van der Waals surface area contributed by atoms with Gasteiger partial charge in [-0.25, -0.2) is 9.97 Å². The van der Waals surface area contributed by atoms with Crippen LogP contribution in [-0.4, -0.2) is 57.3 Å². The summed E-state index contributed by atoms with van der Waals surface area (Å²) in [4.78, 5) is 14.0. The van der Waals surface area contributed by atoms with Crippen LogP contribution in [-0.2, 0) is 19.4 Å². The summed E-state index contributed by atoms with van der Waals surface area (Å²) < 4.78 is 2.30. The molecular formula is C23H26N6O. The molecule has 0 aliphatic carbocycles. The third kappa shape index (κ3) is 3.37. The van der Waals surface area contributed by atoms with E-state index in [9.17, 15) is 10.4 Å². The molecular weight excluding hydrogens is 376 g/mol. The lowest BCUT2D eigenvalue weighted by molar-refractivity contribution is 0.260. The first-order valence-corrected chi connectivity index (χ1v) is 10.8. The Morgan fingerprint density at radius 3 is 2.57 bits per heavy atom. The largest absolute Gasteiger partial charge is 0.508 e. The third-order valence-corrected chi connectivity index (χ3v) is 6.41. The lowest BCUT2D eigenvalue weighted by Crippen LogP contribution is -2.47. The van der Waals surface area contributed by atoms with E-state index in [4.69, 9.17) is 0 Å². The zero-order valence-corrected chi connectivity index (χ0v) is 17.1. The molecule has 1 fully saturated rings. The molecule has 0 radical (unpaired) electrons. The number of aromatic nitrogens is 3. The van der Waals surface area contributed by atoms with Crippen molar-refractivity contribution in [2.75, 3.05) is 37.6 Å². The first-order chi connectivity index (χ1) is 14.7. The highest BCUT2D eigenvalue weighted by molar-refractivity contribution is 5.92. The van der Waals surface area contributed by atoms with Gasteiger partial charge in [-0.3, -0.25) is 4.90 Å². The molecule has 0 atom stereocenters. The molecule has 3 aromatic rings. The number of aryl methyl sites for hydroxylation is 1. The van der Waals surface area contributed by atoms with Crippen molar-refractivity contribution in [3.05, 3.63) is 47.4 Å². The van der Waals surface area contributed by atoms with E-state index in [1.807, 2.05) is 12.1 Å². The van der Waals surface area contributed by atoms with E-state index < -0.39 is 0 Å². The molecule has 2 aliphatic rings. The van der Waals surface area contributed by atoms with Crippen LogP contribution in [0.5, 0.6) is 5.75 Å². The smallest absolute Gasteiger partial charge is 0.156 e. The number of rotatable bonds is 4. The Morgan fingerprint density at radius 1 is 1.00 bits per heavy atom. The number of hydrogen-bond donors (Lipinski definition) is 1. The minimum absolute atomic E-state index is 0.315. The highest BCUT2D eigenvalue weighted by atomic mass is 16.3. The molecule has 2 aliphatic heterocycles. The minimum atomic E-state index is 0.315. The van der Waals surface area contributed by atoms with E-state index in [0.29, 0.717) is 5.75 Å². The maximum atomic E-state index is 9.73. The van der Waals surface area contributed by atoms with Crippen molar-refractivity contribution in [2.45, 2.75) is 32.2 Å². The molecule has 7 nitrogen and oxygen atoms in total. The predicted octanol–water partition coefficient (Wildman–Crippen LogP) is 2.71. The van der Waals surface area contributed by atoms with Gasteiger partial charge in [-0.05, 0) is 43.4 Å². The normalized spacial score (nSPS) is 17.1. The molecule has 4 heterocycles. The molecule has 30 heavy (non-hydrogen) atoms. The molecule has 154 valence electrons. The fraction of sp³-hybridized carbons (Fsp3) is 0.435. The summed E-state index contributed by atoms with van der Waals surface area (Å²) in [7, 11) is 0. The summed E-state index contributed by atoms with van der Waals surface area (Å²) in [5, 5.41) is 19.2. The summed E-state index contributed by atoms with van der Waals surface area (Å²) in [5.74, 6) is 1.29. The first kappa shape index (κ1) is 18.9. The number of anilines is 1. The van der Waals surface area contributed by atoms with Gasteiger partial charge in [0.1, 0.15) is 29.2 Å². The zero-order valence-electron chi connectivity index (χ0n) is 17.1. The van der Waals surface area contributed by atoms with Gasteiger partial charge in [0.25, 0.3) is 0 Å². The molecule has 0 unspecified atom stereocenters. The van der Waals surface area contributed by atoms with Crippen LogP contribution in [0, 0.1) is 11.3 Å². The number of phenols is 1. The highest BCUT2D eigenvalue weighted by Crippen LogP contribution is 2.34. The standard InChI is InChI=1S/C23H26N6O/c24-15-19-20-3-1-2-9-29(20)22-21(19)25-16-26-23(22)28-13-11-27(12-14-28)10-8-17-4-6-18(30)7-5-17/h4-7,16,30H,1-3,8-14H2. The molecule has 1 aromatic carbocycles. The highest BCUT2D eigenvalue weighted by Gasteiger charge is 2.27. The average molecular weight is 403 g/mol. The van der Waals surface area contributed by atoms with Gasteiger partial charge >= 0.3 is 0 Å². The number of piperazine rings is 1. The van der Waals surface area contributed by atoms with Crippen LogP contribution in [0.2, 0.25) is 0 Å². The number of phenolic OH excluding ortho intramolecular Hbond substituents is 1. The van der Waals surface area contributed by atoms with Crippen LogP contribution in [0.15, 0.2) is 30.6 Å². The first-order valence-electron chi connectivity index (χ1n) is 10.8. The van der Waals surface area contributed by atoms with Gasteiger partial charge in [0, 0.05) is 45.0 Å².